The Kier molecular flexibility index (Phi) is 10.2. The maximum atomic E-state index is 12.6. The van der Waals surface area contributed by atoms with Crippen LogP contribution in [0.25, 0.3) is 10.4 Å². The Bertz CT molecular complexity index is 1700. The summed E-state index contributed by atoms with van der Waals surface area (Å²) in [6, 6.07) is 6.11. The van der Waals surface area contributed by atoms with E-state index >= 15 is 0 Å². The van der Waals surface area contributed by atoms with Crippen LogP contribution < -0.4 is 10.5 Å². The molecule has 1 aliphatic heterocycles. The van der Waals surface area contributed by atoms with Gasteiger partial charge in [0.05, 0.1) is 9.88 Å². The molecule has 0 spiro atoms. The van der Waals surface area contributed by atoms with E-state index in [0.717, 1.165) is 65.9 Å². The lowest BCUT2D eigenvalue weighted by molar-refractivity contribution is -0.134. The Labute approximate surface area is 291 Å². The van der Waals surface area contributed by atoms with Crippen LogP contribution in [0.3, 0.4) is 0 Å². The van der Waals surface area contributed by atoms with Crippen LogP contribution in [0.1, 0.15) is 134 Å². The van der Waals surface area contributed by atoms with Gasteiger partial charge in [-0.1, -0.05) is 53.4 Å². The number of aliphatic hydroxyl groups is 1. The molecule has 2 fully saturated rings. The smallest absolute Gasteiger partial charge is 0.184 e. The summed E-state index contributed by atoms with van der Waals surface area (Å²) in [6.07, 6.45) is 8.32. The van der Waals surface area contributed by atoms with Crippen LogP contribution >= 0.6 is 11.3 Å². The molecule has 7 nitrogen and oxygen atoms in total. The Morgan fingerprint density at radius 2 is 1.71 bits per heavy atom. The lowest BCUT2D eigenvalue weighted by atomic mass is 9.72. The molecule has 1 saturated carbocycles. The number of hydrogen-bond donors (Lipinski definition) is 2. The van der Waals surface area contributed by atoms with Gasteiger partial charge in [-0.05, 0) is 112 Å². The number of benzene rings is 1. The highest BCUT2D eigenvalue weighted by Crippen LogP contribution is 2.40. The number of nitrogens with zero attached hydrogens (tertiary/aromatic N) is 3. The average Bonchev–Trinajstić information content (AvgIpc) is 3.50. The topological polar surface area (TPSA) is 102 Å². The number of anilines is 1. The maximum absolute atomic E-state index is 12.6. The first-order chi connectivity index (χ1) is 22.3. The predicted molar refractivity (Wildman–Crippen MR) is 197 cm³/mol. The molecule has 3 N–H and O–H groups in total. The number of nitrogen functional groups attached to an aromatic ring is 1. The second-order valence-electron chi connectivity index (χ2n) is 16.7. The van der Waals surface area contributed by atoms with Gasteiger partial charge >= 0.3 is 0 Å². The third-order valence-corrected chi connectivity index (χ3v) is 10.9. The Morgan fingerprint density at radius 1 is 1.00 bits per heavy atom. The normalized spacial score (nSPS) is 20.0. The first-order valence-corrected chi connectivity index (χ1v) is 18.2. The van der Waals surface area contributed by atoms with E-state index in [0.29, 0.717) is 30.3 Å². The molecule has 2 aliphatic rings. The summed E-state index contributed by atoms with van der Waals surface area (Å²) >= 11 is 1.73. The molecule has 1 saturated heterocycles. The summed E-state index contributed by atoms with van der Waals surface area (Å²) in [6.45, 7) is 22.5. The number of likely N-dealkylation sites (tertiary alicyclic amines) is 1. The van der Waals surface area contributed by atoms with Crippen molar-refractivity contribution in [3.8, 4) is 28.0 Å². The molecule has 0 bridgehead atoms. The predicted octanol–water partition coefficient (Wildman–Crippen LogP) is 8.16. The summed E-state index contributed by atoms with van der Waals surface area (Å²) in [5, 5.41) is 12.2. The van der Waals surface area contributed by atoms with E-state index in [4.69, 9.17) is 15.5 Å². The van der Waals surface area contributed by atoms with Crippen molar-refractivity contribution >= 4 is 22.9 Å². The Balaban J connectivity index is 1.42. The van der Waals surface area contributed by atoms with Crippen molar-refractivity contribution in [2.45, 2.75) is 135 Å². The number of ketones is 1. The zero-order chi connectivity index (χ0) is 35.1. The third-order valence-electron chi connectivity index (χ3n) is 9.71. The highest BCUT2D eigenvalue weighted by molar-refractivity contribution is 7.15. The molecule has 0 amide bonds. The van der Waals surface area contributed by atoms with Crippen LogP contribution in [-0.2, 0) is 22.2 Å². The number of carbonyl (C=O) groups is 1. The van der Waals surface area contributed by atoms with Gasteiger partial charge in [-0.2, -0.15) is 0 Å². The number of ether oxygens (including phenoxy) is 1. The van der Waals surface area contributed by atoms with Crippen molar-refractivity contribution in [1.29, 1.82) is 0 Å². The highest BCUT2D eigenvalue weighted by Gasteiger charge is 2.36. The molecule has 258 valence electrons. The molecule has 3 heterocycles. The second-order valence-corrected chi connectivity index (χ2v) is 17.8. The monoisotopic (exact) mass is 670 g/mol. The molecule has 5 rings (SSSR count). The number of thiazole rings is 1. The van der Waals surface area contributed by atoms with Crippen LogP contribution in [-0.4, -0.2) is 50.0 Å². The largest absolute Gasteiger partial charge is 0.485 e. The average molecular weight is 671 g/mol. The molecule has 3 aromatic rings. The molecular weight excluding hydrogens is 617 g/mol. The van der Waals surface area contributed by atoms with E-state index in [-0.39, 0.29) is 28.8 Å². The van der Waals surface area contributed by atoms with Gasteiger partial charge in [0.25, 0.3) is 0 Å². The van der Waals surface area contributed by atoms with E-state index in [2.05, 4.69) is 90.1 Å². The van der Waals surface area contributed by atoms with Gasteiger partial charge in [-0.3, -0.25) is 9.69 Å². The van der Waals surface area contributed by atoms with Gasteiger partial charge < -0.3 is 15.6 Å². The van der Waals surface area contributed by atoms with Crippen LogP contribution in [0.4, 0.5) is 5.82 Å². The number of nitrogens with two attached hydrogens (primary N) is 1. The molecule has 48 heavy (non-hydrogen) atoms. The number of rotatable bonds is 5. The van der Waals surface area contributed by atoms with Crippen LogP contribution in [0.2, 0.25) is 0 Å². The summed E-state index contributed by atoms with van der Waals surface area (Å²) in [5.74, 6) is 7.27. The second kappa shape index (κ2) is 13.6. The first kappa shape index (κ1) is 36.0. The van der Waals surface area contributed by atoms with E-state index < -0.39 is 5.60 Å². The number of piperidine rings is 1. The number of carbonyl (C=O) groups excluding carboxylic acids is 1. The maximum Gasteiger partial charge on any atom is 0.184 e. The zero-order valence-electron chi connectivity index (χ0n) is 30.4. The van der Waals surface area contributed by atoms with Gasteiger partial charge in [0.1, 0.15) is 6.61 Å². The third kappa shape index (κ3) is 8.13. The van der Waals surface area contributed by atoms with Crippen molar-refractivity contribution in [2.24, 2.45) is 0 Å². The minimum atomic E-state index is -1.58. The molecule has 8 heteroatoms. The SMILES string of the molecule is CC(C)(C)c1cc(C#CC2(O)CCCCC2=O)cc(COc2cc(-c3cnc(C4CCN(C(C)(C)C)CC4)s3)cnc2N)c1C(C)(C)C. The van der Waals surface area contributed by atoms with E-state index in [9.17, 15) is 9.90 Å². The van der Waals surface area contributed by atoms with Gasteiger partial charge in [-0.15, -0.1) is 11.3 Å². The van der Waals surface area contributed by atoms with Crippen molar-refractivity contribution in [3.63, 3.8) is 0 Å². The molecule has 2 aromatic heterocycles. The fourth-order valence-electron chi connectivity index (χ4n) is 6.95. The van der Waals surface area contributed by atoms with Gasteiger partial charge in [0.15, 0.2) is 23.0 Å². The molecular formula is C40H54N4O3S. The lowest BCUT2D eigenvalue weighted by Crippen LogP contribution is -2.45. The number of hydrogen-bond acceptors (Lipinski definition) is 8. The fraction of sp³-hybridized carbons (Fsp3) is 0.575. The van der Waals surface area contributed by atoms with Gasteiger partial charge in [0.2, 0.25) is 0 Å². The fourth-order valence-corrected chi connectivity index (χ4v) is 8.02. The summed E-state index contributed by atoms with van der Waals surface area (Å²) in [7, 11) is 0. The minimum Gasteiger partial charge on any atom is -0.485 e. The van der Waals surface area contributed by atoms with Crippen molar-refractivity contribution in [3.05, 3.63) is 57.9 Å². The van der Waals surface area contributed by atoms with Crippen LogP contribution in [0.15, 0.2) is 30.6 Å². The molecule has 1 aliphatic carbocycles. The molecule has 1 aromatic carbocycles. The standard InChI is InChI=1S/C40H54N4O3S/c1-37(2,3)30-21-26(13-17-40(46)16-11-10-12-33(40)45)20-29(34(30)38(4,5)6)25-47-31-22-28(23-42-35(31)41)32-24-43-36(48-32)27-14-18-44(19-15-27)39(7,8)9/h20-24,27,46H,10-12,14-16,18-19,25H2,1-9H3,(H2,41,42). The van der Waals surface area contributed by atoms with E-state index in [1.54, 1.807) is 17.5 Å². The first-order valence-electron chi connectivity index (χ1n) is 17.4. The van der Waals surface area contributed by atoms with Crippen molar-refractivity contribution < 1.29 is 14.6 Å². The summed E-state index contributed by atoms with van der Waals surface area (Å²) in [5.41, 5.74) is 9.66. The summed E-state index contributed by atoms with van der Waals surface area (Å²) in [4.78, 5) is 25.5. The van der Waals surface area contributed by atoms with Crippen LogP contribution in [0, 0.1) is 11.8 Å². The summed E-state index contributed by atoms with van der Waals surface area (Å²) < 4.78 is 6.48. The zero-order valence-corrected chi connectivity index (χ0v) is 31.2. The van der Waals surface area contributed by atoms with E-state index in [1.165, 1.54) is 10.6 Å². The number of pyridine rings is 1. The Morgan fingerprint density at radius 3 is 2.33 bits per heavy atom. The number of aromatic nitrogens is 2. The molecule has 1 atom stereocenters. The minimum absolute atomic E-state index is 0.180. The molecule has 0 radical (unpaired) electrons. The van der Waals surface area contributed by atoms with Gasteiger partial charge in [-0.25, -0.2) is 9.97 Å². The Hall–Kier alpha value is -3.25. The quantitative estimate of drug-likeness (QED) is 0.264. The molecule has 1 unspecified atom stereocenters. The van der Waals surface area contributed by atoms with Crippen molar-refractivity contribution in [2.75, 3.05) is 18.8 Å². The van der Waals surface area contributed by atoms with Gasteiger partial charge in [0, 0.05) is 41.4 Å². The van der Waals surface area contributed by atoms with E-state index in [1.807, 2.05) is 18.3 Å². The number of Topliss-reactive ketones (excluding diaryl/α,β-unsaturated/α-hetero) is 1. The van der Waals surface area contributed by atoms with Crippen molar-refractivity contribution in [1.82, 2.24) is 14.9 Å². The van der Waals surface area contributed by atoms with Crippen LogP contribution in [0.5, 0.6) is 5.75 Å². The lowest BCUT2D eigenvalue weighted by Gasteiger charge is -2.40. The highest BCUT2D eigenvalue weighted by atomic mass is 32.1.